The maximum Gasteiger partial charge on any atom is 0.408 e. The summed E-state index contributed by atoms with van der Waals surface area (Å²) < 4.78 is 45.3. The Hall–Kier alpha value is -2.76. The molecule has 2 heterocycles. The van der Waals surface area contributed by atoms with E-state index in [2.05, 4.69) is 15.4 Å². The van der Waals surface area contributed by atoms with Crippen molar-refractivity contribution in [2.24, 2.45) is 0 Å². The molecule has 2 aromatic heterocycles. The van der Waals surface area contributed by atoms with Crippen LogP contribution in [0.4, 0.5) is 13.2 Å². The van der Waals surface area contributed by atoms with E-state index in [0.717, 1.165) is 4.68 Å². The van der Waals surface area contributed by atoms with Crippen LogP contribution in [-0.2, 0) is 17.9 Å². The SMILES string of the molecule is COC(O)c1cnn(-c2cccc(CO)c2)c1[C@@H]1C[C@H]1c1cn(CC(F)(F)F)nn1. The lowest BCUT2D eigenvalue weighted by Crippen LogP contribution is -2.18. The number of aliphatic hydroxyl groups excluding tert-OH is 2. The number of rotatable bonds is 7. The molecule has 30 heavy (non-hydrogen) atoms. The molecule has 11 heteroatoms. The van der Waals surface area contributed by atoms with Crippen molar-refractivity contribution < 1.29 is 28.1 Å². The zero-order valence-electron chi connectivity index (χ0n) is 16.0. The third-order valence-corrected chi connectivity index (χ3v) is 5.08. The number of alkyl halides is 3. The van der Waals surface area contributed by atoms with Crippen LogP contribution >= 0.6 is 0 Å². The number of aromatic nitrogens is 5. The average molecular weight is 423 g/mol. The number of halogens is 3. The normalized spacial score (nSPS) is 19.8. The van der Waals surface area contributed by atoms with E-state index < -0.39 is 19.0 Å². The van der Waals surface area contributed by atoms with Gasteiger partial charge in [0.1, 0.15) is 6.54 Å². The van der Waals surface area contributed by atoms with E-state index in [9.17, 15) is 23.4 Å². The molecule has 0 spiro atoms. The van der Waals surface area contributed by atoms with E-state index in [1.165, 1.54) is 19.5 Å². The number of nitrogens with zero attached hydrogens (tertiary/aromatic N) is 5. The van der Waals surface area contributed by atoms with Gasteiger partial charge in [-0.25, -0.2) is 9.36 Å². The van der Waals surface area contributed by atoms with Crippen LogP contribution in [0.15, 0.2) is 36.7 Å². The Labute approximate surface area is 169 Å². The lowest BCUT2D eigenvalue weighted by atomic mass is 10.1. The van der Waals surface area contributed by atoms with Gasteiger partial charge >= 0.3 is 6.18 Å². The highest BCUT2D eigenvalue weighted by Gasteiger charge is 2.46. The van der Waals surface area contributed by atoms with Crippen LogP contribution in [0.25, 0.3) is 5.69 Å². The second-order valence-corrected chi connectivity index (χ2v) is 7.22. The fraction of sp³-hybridized carbons (Fsp3) is 0.421. The monoisotopic (exact) mass is 423 g/mol. The summed E-state index contributed by atoms with van der Waals surface area (Å²) in [7, 11) is 1.37. The molecule has 1 aliphatic carbocycles. The third kappa shape index (κ3) is 4.09. The molecular weight excluding hydrogens is 403 g/mol. The molecule has 1 fully saturated rings. The first-order valence-electron chi connectivity index (χ1n) is 9.26. The fourth-order valence-electron chi connectivity index (χ4n) is 3.62. The van der Waals surface area contributed by atoms with E-state index in [0.29, 0.717) is 34.6 Å². The molecule has 0 bridgehead atoms. The molecule has 0 radical (unpaired) electrons. The van der Waals surface area contributed by atoms with Gasteiger partial charge in [-0.05, 0) is 24.1 Å². The molecule has 1 aromatic carbocycles. The molecule has 0 aliphatic heterocycles. The van der Waals surface area contributed by atoms with Gasteiger partial charge < -0.3 is 14.9 Å². The molecule has 4 rings (SSSR count). The van der Waals surface area contributed by atoms with Crippen molar-refractivity contribution in [3.05, 3.63) is 59.2 Å². The lowest BCUT2D eigenvalue weighted by molar-refractivity contribution is -0.142. The third-order valence-electron chi connectivity index (χ3n) is 5.08. The second-order valence-electron chi connectivity index (χ2n) is 7.22. The van der Waals surface area contributed by atoms with Crippen molar-refractivity contribution in [2.75, 3.05) is 7.11 Å². The second kappa shape index (κ2) is 7.82. The minimum Gasteiger partial charge on any atom is -0.392 e. The molecule has 0 amide bonds. The highest BCUT2D eigenvalue weighted by Crippen LogP contribution is 2.55. The lowest BCUT2D eigenvalue weighted by Gasteiger charge is -2.13. The Kier molecular flexibility index (Phi) is 5.35. The Morgan fingerprint density at radius 1 is 1.30 bits per heavy atom. The minimum absolute atomic E-state index is 0.124. The Bertz CT molecular complexity index is 1030. The first kappa shape index (κ1) is 20.5. The van der Waals surface area contributed by atoms with E-state index >= 15 is 0 Å². The summed E-state index contributed by atoms with van der Waals surface area (Å²) in [6.45, 7) is -1.33. The van der Waals surface area contributed by atoms with Gasteiger partial charge in [0.15, 0.2) is 6.29 Å². The molecule has 1 saturated carbocycles. The van der Waals surface area contributed by atoms with Gasteiger partial charge in [0.25, 0.3) is 0 Å². The Balaban J connectivity index is 1.66. The van der Waals surface area contributed by atoms with Crippen molar-refractivity contribution in [3.8, 4) is 5.69 Å². The first-order chi connectivity index (χ1) is 14.3. The topological polar surface area (TPSA) is 98.2 Å². The van der Waals surface area contributed by atoms with Gasteiger partial charge in [-0.2, -0.15) is 18.3 Å². The summed E-state index contributed by atoms with van der Waals surface area (Å²) in [4.78, 5) is 0. The number of benzene rings is 1. The predicted octanol–water partition coefficient (Wildman–Crippen LogP) is 2.43. The van der Waals surface area contributed by atoms with Crippen LogP contribution in [0.1, 0.15) is 47.1 Å². The summed E-state index contributed by atoms with van der Waals surface area (Å²) in [5.41, 5.74) is 3.01. The van der Waals surface area contributed by atoms with Gasteiger partial charge in [-0.1, -0.05) is 17.3 Å². The van der Waals surface area contributed by atoms with Crippen molar-refractivity contribution in [2.45, 2.75) is 43.9 Å². The Morgan fingerprint density at radius 2 is 2.10 bits per heavy atom. The highest BCUT2D eigenvalue weighted by molar-refractivity contribution is 5.42. The predicted molar refractivity (Wildman–Crippen MR) is 97.6 cm³/mol. The molecule has 3 aromatic rings. The molecule has 0 saturated heterocycles. The zero-order chi connectivity index (χ0) is 21.5. The molecule has 3 atom stereocenters. The number of aliphatic hydroxyl groups is 2. The summed E-state index contributed by atoms with van der Waals surface area (Å²) in [6.07, 6.45) is -2.14. The number of methoxy groups -OCH3 is 1. The zero-order valence-corrected chi connectivity index (χ0v) is 16.0. The van der Waals surface area contributed by atoms with Gasteiger partial charge in [-0.3, -0.25) is 0 Å². The van der Waals surface area contributed by atoms with Crippen LogP contribution in [0.5, 0.6) is 0 Å². The maximum atomic E-state index is 12.6. The van der Waals surface area contributed by atoms with Crippen LogP contribution in [-0.4, -0.2) is 48.3 Å². The molecular formula is C19H20F3N5O3. The fourth-order valence-corrected chi connectivity index (χ4v) is 3.62. The number of hydrogen-bond donors (Lipinski definition) is 2. The molecule has 1 aliphatic rings. The van der Waals surface area contributed by atoms with Gasteiger partial charge in [0.2, 0.25) is 0 Å². The van der Waals surface area contributed by atoms with Crippen molar-refractivity contribution in [1.82, 2.24) is 24.8 Å². The van der Waals surface area contributed by atoms with Gasteiger partial charge in [0, 0.05) is 30.7 Å². The molecule has 8 nitrogen and oxygen atoms in total. The van der Waals surface area contributed by atoms with E-state index in [1.807, 2.05) is 6.07 Å². The maximum absolute atomic E-state index is 12.6. The summed E-state index contributed by atoms with van der Waals surface area (Å²) in [6, 6.07) is 7.15. The number of hydrogen-bond acceptors (Lipinski definition) is 6. The van der Waals surface area contributed by atoms with Crippen molar-refractivity contribution in [1.29, 1.82) is 0 Å². The van der Waals surface area contributed by atoms with Crippen molar-refractivity contribution in [3.63, 3.8) is 0 Å². The molecule has 2 N–H and O–H groups in total. The highest BCUT2D eigenvalue weighted by atomic mass is 19.4. The van der Waals surface area contributed by atoms with E-state index in [1.54, 1.807) is 22.9 Å². The largest absolute Gasteiger partial charge is 0.408 e. The summed E-state index contributed by atoms with van der Waals surface area (Å²) in [5, 5.41) is 31.5. The quantitative estimate of drug-likeness (QED) is 0.567. The van der Waals surface area contributed by atoms with Crippen LogP contribution in [0, 0.1) is 0 Å². The Morgan fingerprint density at radius 3 is 2.80 bits per heavy atom. The van der Waals surface area contributed by atoms with Crippen molar-refractivity contribution >= 4 is 0 Å². The van der Waals surface area contributed by atoms with Crippen LogP contribution in [0.3, 0.4) is 0 Å². The average Bonchev–Trinajstić information content (AvgIpc) is 3.15. The van der Waals surface area contributed by atoms with Gasteiger partial charge in [-0.15, -0.1) is 5.10 Å². The van der Waals surface area contributed by atoms with E-state index in [4.69, 9.17) is 4.74 Å². The first-order valence-corrected chi connectivity index (χ1v) is 9.26. The summed E-state index contributed by atoms with van der Waals surface area (Å²) in [5.74, 6) is -0.271. The summed E-state index contributed by atoms with van der Waals surface area (Å²) >= 11 is 0. The standard InChI is InChI=1S/C19H20F3N5O3/c1-30-18(29)15-7-23-27(12-4-2-3-11(5-12)9-28)17(15)14-6-13(14)16-8-26(25-24-16)10-19(20,21)22/h2-5,7-8,13-14,18,28-29H,6,9-10H2,1H3/t13-,14-,18?/m1/s1. The minimum atomic E-state index is -4.37. The van der Waals surface area contributed by atoms with Gasteiger partial charge in [0.05, 0.1) is 29.9 Å². The van der Waals surface area contributed by atoms with E-state index in [-0.39, 0.29) is 18.4 Å². The van der Waals surface area contributed by atoms with Crippen LogP contribution < -0.4 is 0 Å². The smallest absolute Gasteiger partial charge is 0.392 e. The number of ether oxygens (including phenoxy) is 1. The van der Waals surface area contributed by atoms with Crippen LogP contribution in [0.2, 0.25) is 0 Å². The molecule has 1 unspecified atom stereocenters. The molecule has 160 valence electrons.